The quantitative estimate of drug-likeness (QED) is 0.664. The summed E-state index contributed by atoms with van der Waals surface area (Å²) in [5.41, 5.74) is -0.0883. The fourth-order valence-corrected chi connectivity index (χ4v) is 1.77. The number of hydrogen-bond acceptors (Lipinski definition) is 2. The highest BCUT2D eigenvalue weighted by atomic mass is 16.4. The van der Waals surface area contributed by atoms with Crippen molar-refractivity contribution in [1.29, 1.82) is 0 Å². The lowest BCUT2D eigenvalue weighted by molar-refractivity contribution is -0.141. The summed E-state index contributed by atoms with van der Waals surface area (Å²) in [6.07, 6.45) is 3.66. The zero-order valence-corrected chi connectivity index (χ0v) is 9.88. The third-order valence-corrected chi connectivity index (χ3v) is 3.22. The zero-order valence-electron chi connectivity index (χ0n) is 9.88. The SMILES string of the molecule is CCC(CNC(=O)NC1(C)CCC1)C(=O)O. The summed E-state index contributed by atoms with van der Waals surface area (Å²) in [6.45, 7) is 3.99. The predicted molar refractivity (Wildman–Crippen MR) is 60.2 cm³/mol. The molecule has 0 aliphatic heterocycles. The lowest BCUT2D eigenvalue weighted by atomic mass is 9.79. The number of hydrogen-bond donors (Lipinski definition) is 3. The van der Waals surface area contributed by atoms with E-state index in [1.807, 2.05) is 6.92 Å². The molecule has 0 radical (unpaired) electrons. The number of carboxylic acid groups (broad SMARTS) is 1. The molecule has 0 aromatic heterocycles. The first-order valence-corrected chi connectivity index (χ1v) is 5.75. The summed E-state index contributed by atoms with van der Waals surface area (Å²) in [4.78, 5) is 22.2. The highest BCUT2D eigenvalue weighted by Crippen LogP contribution is 2.30. The van der Waals surface area contributed by atoms with Crippen LogP contribution >= 0.6 is 0 Å². The average molecular weight is 228 g/mol. The second-order valence-corrected chi connectivity index (χ2v) is 4.69. The van der Waals surface area contributed by atoms with E-state index < -0.39 is 11.9 Å². The van der Waals surface area contributed by atoms with Crippen molar-refractivity contribution in [3.8, 4) is 0 Å². The molecular weight excluding hydrogens is 208 g/mol. The lowest BCUT2D eigenvalue weighted by Crippen LogP contribution is -2.54. The number of rotatable bonds is 5. The smallest absolute Gasteiger partial charge is 0.315 e. The van der Waals surface area contributed by atoms with Crippen LogP contribution in [0.15, 0.2) is 0 Å². The van der Waals surface area contributed by atoms with Gasteiger partial charge in [-0.25, -0.2) is 4.79 Å². The van der Waals surface area contributed by atoms with Gasteiger partial charge in [-0.3, -0.25) is 4.79 Å². The molecule has 0 aromatic rings. The molecule has 1 atom stereocenters. The molecule has 5 nitrogen and oxygen atoms in total. The number of nitrogens with one attached hydrogen (secondary N) is 2. The van der Waals surface area contributed by atoms with E-state index in [9.17, 15) is 9.59 Å². The van der Waals surface area contributed by atoms with Crippen molar-refractivity contribution in [1.82, 2.24) is 10.6 Å². The normalized spacial score (nSPS) is 19.4. The van der Waals surface area contributed by atoms with Gasteiger partial charge in [0.15, 0.2) is 0 Å². The van der Waals surface area contributed by atoms with Crippen LogP contribution in [0.4, 0.5) is 4.79 Å². The Balaban J connectivity index is 2.26. The van der Waals surface area contributed by atoms with Gasteiger partial charge in [0.1, 0.15) is 0 Å². The predicted octanol–water partition coefficient (Wildman–Crippen LogP) is 1.34. The lowest BCUT2D eigenvalue weighted by Gasteiger charge is -2.39. The molecule has 1 fully saturated rings. The highest BCUT2D eigenvalue weighted by Gasteiger charge is 2.33. The maximum atomic E-state index is 11.5. The number of urea groups is 1. The molecule has 0 heterocycles. The number of aliphatic carboxylic acids is 1. The van der Waals surface area contributed by atoms with Gasteiger partial charge in [0, 0.05) is 12.1 Å². The van der Waals surface area contributed by atoms with E-state index in [0.29, 0.717) is 6.42 Å². The molecule has 0 aromatic carbocycles. The third-order valence-electron chi connectivity index (χ3n) is 3.22. The van der Waals surface area contributed by atoms with Crippen molar-refractivity contribution in [3.05, 3.63) is 0 Å². The van der Waals surface area contributed by atoms with Crippen LogP contribution in [0.5, 0.6) is 0 Å². The van der Waals surface area contributed by atoms with Crippen molar-refractivity contribution in [3.63, 3.8) is 0 Å². The summed E-state index contributed by atoms with van der Waals surface area (Å²) >= 11 is 0. The first-order chi connectivity index (χ1) is 7.47. The summed E-state index contributed by atoms with van der Waals surface area (Å²) in [6, 6.07) is -0.262. The minimum absolute atomic E-state index is 0.0883. The van der Waals surface area contributed by atoms with Gasteiger partial charge < -0.3 is 15.7 Å². The Bertz CT molecular complexity index is 274. The van der Waals surface area contributed by atoms with Crippen LogP contribution < -0.4 is 10.6 Å². The molecule has 1 rings (SSSR count). The maximum absolute atomic E-state index is 11.5. The van der Waals surface area contributed by atoms with Crippen molar-refractivity contribution >= 4 is 12.0 Å². The minimum Gasteiger partial charge on any atom is -0.481 e. The summed E-state index contributed by atoms with van der Waals surface area (Å²) in [5, 5.41) is 14.3. The van der Waals surface area contributed by atoms with Gasteiger partial charge in [0.05, 0.1) is 5.92 Å². The largest absolute Gasteiger partial charge is 0.481 e. The van der Waals surface area contributed by atoms with Crippen LogP contribution in [-0.2, 0) is 4.79 Å². The van der Waals surface area contributed by atoms with Crippen molar-refractivity contribution in [2.45, 2.75) is 45.1 Å². The monoisotopic (exact) mass is 228 g/mol. The van der Waals surface area contributed by atoms with E-state index in [1.165, 1.54) is 0 Å². The molecule has 1 saturated carbocycles. The molecule has 2 amide bonds. The second kappa shape index (κ2) is 5.18. The first-order valence-electron chi connectivity index (χ1n) is 5.75. The molecule has 92 valence electrons. The Morgan fingerprint density at radius 3 is 2.44 bits per heavy atom. The van der Waals surface area contributed by atoms with Crippen LogP contribution in [0.3, 0.4) is 0 Å². The average Bonchev–Trinajstić information content (AvgIpc) is 2.15. The Kier molecular flexibility index (Phi) is 4.15. The number of carboxylic acids is 1. The Labute approximate surface area is 95.6 Å². The highest BCUT2D eigenvalue weighted by molar-refractivity contribution is 5.76. The Morgan fingerprint density at radius 1 is 1.44 bits per heavy atom. The minimum atomic E-state index is -0.863. The van der Waals surface area contributed by atoms with Crippen LogP contribution in [-0.4, -0.2) is 29.2 Å². The zero-order chi connectivity index (χ0) is 12.2. The van der Waals surface area contributed by atoms with E-state index in [4.69, 9.17) is 5.11 Å². The molecule has 5 heteroatoms. The third kappa shape index (κ3) is 3.40. The van der Waals surface area contributed by atoms with Crippen LogP contribution in [0.2, 0.25) is 0 Å². The Morgan fingerprint density at radius 2 is 2.06 bits per heavy atom. The van der Waals surface area contributed by atoms with Gasteiger partial charge in [0.25, 0.3) is 0 Å². The van der Waals surface area contributed by atoms with Crippen molar-refractivity contribution < 1.29 is 14.7 Å². The number of amides is 2. The first kappa shape index (κ1) is 12.8. The van der Waals surface area contributed by atoms with E-state index in [0.717, 1.165) is 19.3 Å². The van der Waals surface area contributed by atoms with Gasteiger partial charge in [0.2, 0.25) is 0 Å². The van der Waals surface area contributed by atoms with Gasteiger partial charge >= 0.3 is 12.0 Å². The van der Waals surface area contributed by atoms with Crippen LogP contribution in [0, 0.1) is 5.92 Å². The van der Waals surface area contributed by atoms with Crippen molar-refractivity contribution in [2.75, 3.05) is 6.54 Å². The molecule has 0 saturated heterocycles. The number of carbonyl (C=O) groups excluding carboxylic acids is 1. The van der Waals surface area contributed by atoms with Gasteiger partial charge in [-0.15, -0.1) is 0 Å². The van der Waals surface area contributed by atoms with E-state index in [-0.39, 0.29) is 18.1 Å². The summed E-state index contributed by atoms with van der Waals surface area (Å²) < 4.78 is 0. The molecule has 16 heavy (non-hydrogen) atoms. The fraction of sp³-hybridized carbons (Fsp3) is 0.818. The van der Waals surface area contributed by atoms with Gasteiger partial charge in [-0.1, -0.05) is 6.92 Å². The summed E-state index contributed by atoms with van der Waals surface area (Å²) in [5.74, 6) is -1.36. The standard InChI is InChI=1S/C11H20N2O3/c1-3-8(9(14)15)7-12-10(16)13-11(2)5-4-6-11/h8H,3-7H2,1-2H3,(H,14,15)(H2,12,13,16). The van der Waals surface area contributed by atoms with Crippen LogP contribution in [0.1, 0.15) is 39.5 Å². The number of carbonyl (C=O) groups is 2. The molecule has 1 aliphatic carbocycles. The van der Waals surface area contributed by atoms with Gasteiger partial charge in [-0.05, 0) is 32.6 Å². The molecule has 1 unspecified atom stereocenters. The Hall–Kier alpha value is -1.26. The van der Waals surface area contributed by atoms with Crippen LogP contribution in [0.25, 0.3) is 0 Å². The van der Waals surface area contributed by atoms with E-state index in [2.05, 4.69) is 10.6 Å². The maximum Gasteiger partial charge on any atom is 0.315 e. The molecule has 3 N–H and O–H groups in total. The molecule has 1 aliphatic rings. The van der Waals surface area contributed by atoms with E-state index >= 15 is 0 Å². The van der Waals surface area contributed by atoms with E-state index in [1.54, 1.807) is 6.92 Å². The topological polar surface area (TPSA) is 78.4 Å². The molecular formula is C11H20N2O3. The van der Waals surface area contributed by atoms with Gasteiger partial charge in [-0.2, -0.15) is 0 Å². The fourth-order valence-electron chi connectivity index (χ4n) is 1.77. The van der Waals surface area contributed by atoms with Crippen molar-refractivity contribution in [2.24, 2.45) is 5.92 Å². The molecule has 0 bridgehead atoms. The summed E-state index contributed by atoms with van der Waals surface area (Å²) in [7, 11) is 0. The second-order valence-electron chi connectivity index (χ2n) is 4.69. The molecule has 0 spiro atoms.